The van der Waals surface area contributed by atoms with Crippen LogP contribution in [0.4, 0.5) is 11.4 Å². The number of hydrogen-bond acceptors (Lipinski definition) is 4. The Balaban J connectivity index is 1.78. The summed E-state index contributed by atoms with van der Waals surface area (Å²) in [5.41, 5.74) is 7.48. The maximum absolute atomic E-state index is 5.67. The van der Waals surface area contributed by atoms with E-state index in [1.807, 2.05) is 18.2 Å². The molecule has 0 amide bonds. The number of aromatic amines is 1. The smallest absolute Gasteiger partial charge is 0.137 e. The van der Waals surface area contributed by atoms with E-state index in [0.29, 0.717) is 0 Å². The minimum atomic E-state index is 0.754. The number of aromatic nitrogens is 3. The van der Waals surface area contributed by atoms with Gasteiger partial charge in [0.25, 0.3) is 0 Å². The fourth-order valence-corrected chi connectivity index (χ4v) is 2.04. The Morgan fingerprint density at radius 3 is 3.00 bits per heavy atom. The first-order valence-electron chi connectivity index (χ1n) is 5.39. The number of nitrogens with one attached hydrogen (secondary N) is 2. The Morgan fingerprint density at radius 2 is 2.29 bits per heavy atom. The second-order valence-corrected chi connectivity index (χ2v) is 4.56. The van der Waals surface area contributed by atoms with E-state index in [4.69, 9.17) is 5.73 Å². The molecular formula is C11H14BrN5. The number of anilines is 2. The highest BCUT2D eigenvalue weighted by atomic mass is 79.9. The SMILES string of the molecule is Nc1ccc(NCCCc2ncn[nH]2)c(Br)c1. The quantitative estimate of drug-likeness (QED) is 0.583. The van der Waals surface area contributed by atoms with Crippen molar-refractivity contribution in [3.8, 4) is 0 Å². The highest BCUT2D eigenvalue weighted by Gasteiger charge is 2.00. The summed E-state index contributed by atoms with van der Waals surface area (Å²) in [6.07, 6.45) is 3.41. The van der Waals surface area contributed by atoms with Gasteiger partial charge in [0.2, 0.25) is 0 Å². The van der Waals surface area contributed by atoms with Gasteiger partial charge in [0.15, 0.2) is 0 Å². The lowest BCUT2D eigenvalue weighted by Crippen LogP contribution is -2.04. The number of nitrogens with zero attached hydrogens (tertiary/aromatic N) is 2. The van der Waals surface area contributed by atoms with Gasteiger partial charge < -0.3 is 11.1 Å². The summed E-state index contributed by atoms with van der Waals surface area (Å²) in [5.74, 6) is 0.920. The van der Waals surface area contributed by atoms with Crippen molar-refractivity contribution in [3.63, 3.8) is 0 Å². The van der Waals surface area contributed by atoms with Crippen molar-refractivity contribution in [2.75, 3.05) is 17.6 Å². The second kappa shape index (κ2) is 5.67. The first-order chi connectivity index (χ1) is 8.25. The molecule has 0 atom stereocenters. The molecule has 17 heavy (non-hydrogen) atoms. The molecule has 0 saturated carbocycles. The summed E-state index contributed by atoms with van der Waals surface area (Å²) < 4.78 is 0.983. The van der Waals surface area contributed by atoms with Gasteiger partial charge in [-0.3, -0.25) is 5.10 Å². The van der Waals surface area contributed by atoms with Gasteiger partial charge in [-0.25, -0.2) is 4.98 Å². The molecule has 0 fully saturated rings. The summed E-state index contributed by atoms with van der Waals surface area (Å²) in [6, 6.07) is 5.73. The van der Waals surface area contributed by atoms with Crippen LogP contribution in [-0.4, -0.2) is 21.7 Å². The van der Waals surface area contributed by atoms with Crippen LogP contribution >= 0.6 is 15.9 Å². The zero-order chi connectivity index (χ0) is 12.1. The number of nitrogen functional groups attached to an aromatic ring is 1. The standard InChI is InChI=1S/C11H14BrN5/c12-9-6-8(13)3-4-10(9)14-5-1-2-11-15-7-16-17-11/h3-4,6-7,14H,1-2,5,13H2,(H,15,16,17). The van der Waals surface area contributed by atoms with E-state index in [1.165, 1.54) is 6.33 Å². The molecule has 6 heteroatoms. The van der Waals surface area contributed by atoms with Gasteiger partial charge in [0.05, 0.1) is 0 Å². The van der Waals surface area contributed by atoms with Gasteiger partial charge >= 0.3 is 0 Å². The first kappa shape index (κ1) is 11.9. The third-order valence-electron chi connectivity index (χ3n) is 2.36. The summed E-state index contributed by atoms with van der Waals surface area (Å²) in [4.78, 5) is 4.07. The van der Waals surface area contributed by atoms with Gasteiger partial charge in [0.1, 0.15) is 12.2 Å². The number of hydrogen-bond donors (Lipinski definition) is 3. The van der Waals surface area contributed by atoms with E-state index < -0.39 is 0 Å². The van der Waals surface area contributed by atoms with E-state index in [1.54, 1.807) is 0 Å². The van der Waals surface area contributed by atoms with Crippen LogP contribution in [0.15, 0.2) is 29.0 Å². The predicted molar refractivity (Wildman–Crippen MR) is 71.7 cm³/mol. The molecule has 5 nitrogen and oxygen atoms in total. The average Bonchev–Trinajstić information content (AvgIpc) is 2.79. The predicted octanol–water partition coefficient (Wildman–Crippen LogP) is 2.19. The number of benzene rings is 1. The molecule has 1 aromatic heterocycles. The molecule has 1 aromatic carbocycles. The lowest BCUT2D eigenvalue weighted by Gasteiger charge is -2.08. The number of halogens is 1. The van der Waals surface area contributed by atoms with Crippen molar-refractivity contribution in [2.24, 2.45) is 0 Å². The van der Waals surface area contributed by atoms with E-state index in [0.717, 1.165) is 41.1 Å². The fourth-order valence-electron chi connectivity index (χ4n) is 1.50. The van der Waals surface area contributed by atoms with Crippen molar-refractivity contribution in [1.29, 1.82) is 0 Å². The van der Waals surface area contributed by atoms with Crippen LogP contribution in [0.3, 0.4) is 0 Å². The van der Waals surface area contributed by atoms with Gasteiger partial charge in [-0.05, 0) is 40.5 Å². The van der Waals surface area contributed by atoms with Crippen LogP contribution in [0.25, 0.3) is 0 Å². The molecule has 0 aliphatic carbocycles. The van der Waals surface area contributed by atoms with Crippen molar-refractivity contribution in [3.05, 3.63) is 34.8 Å². The average molecular weight is 296 g/mol. The minimum Gasteiger partial charge on any atom is -0.399 e. The number of nitrogens with two attached hydrogens (primary N) is 1. The topological polar surface area (TPSA) is 79.6 Å². The lowest BCUT2D eigenvalue weighted by molar-refractivity contribution is 0.805. The minimum absolute atomic E-state index is 0.754. The molecule has 1 heterocycles. The Morgan fingerprint density at radius 1 is 1.41 bits per heavy atom. The number of H-pyrrole nitrogens is 1. The van der Waals surface area contributed by atoms with Crippen LogP contribution in [0.2, 0.25) is 0 Å². The summed E-state index contributed by atoms with van der Waals surface area (Å²) in [6.45, 7) is 0.878. The van der Waals surface area contributed by atoms with Crippen molar-refractivity contribution < 1.29 is 0 Å². The second-order valence-electron chi connectivity index (χ2n) is 3.70. The normalized spacial score (nSPS) is 10.4. The molecular weight excluding hydrogens is 282 g/mol. The number of aryl methyl sites for hydroxylation is 1. The van der Waals surface area contributed by atoms with E-state index in [2.05, 4.69) is 36.4 Å². The van der Waals surface area contributed by atoms with Crippen LogP contribution in [0, 0.1) is 0 Å². The van der Waals surface area contributed by atoms with Gasteiger partial charge in [-0.15, -0.1) is 0 Å². The molecule has 90 valence electrons. The molecule has 2 aromatic rings. The van der Waals surface area contributed by atoms with Crippen LogP contribution < -0.4 is 11.1 Å². The van der Waals surface area contributed by atoms with Crippen LogP contribution in [0.1, 0.15) is 12.2 Å². The lowest BCUT2D eigenvalue weighted by atomic mass is 10.2. The molecule has 4 N–H and O–H groups in total. The van der Waals surface area contributed by atoms with Gasteiger partial charge in [-0.2, -0.15) is 5.10 Å². The van der Waals surface area contributed by atoms with Crippen molar-refractivity contribution in [1.82, 2.24) is 15.2 Å². The molecule has 0 aliphatic rings. The molecule has 0 unspecified atom stereocenters. The largest absolute Gasteiger partial charge is 0.399 e. The van der Waals surface area contributed by atoms with Crippen molar-refractivity contribution in [2.45, 2.75) is 12.8 Å². The molecule has 0 bridgehead atoms. The Kier molecular flexibility index (Phi) is 3.98. The maximum atomic E-state index is 5.67. The summed E-state index contributed by atoms with van der Waals surface area (Å²) in [5, 5.41) is 9.98. The van der Waals surface area contributed by atoms with E-state index in [-0.39, 0.29) is 0 Å². The maximum Gasteiger partial charge on any atom is 0.137 e. The third kappa shape index (κ3) is 3.45. The first-order valence-corrected chi connectivity index (χ1v) is 6.18. The Labute approximate surface area is 108 Å². The zero-order valence-electron chi connectivity index (χ0n) is 9.28. The molecule has 2 rings (SSSR count). The van der Waals surface area contributed by atoms with Gasteiger partial charge in [0, 0.05) is 28.8 Å². The van der Waals surface area contributed by atoms with Gasteiger partial charge in [-0.1, -0.05) is 0 Å². The molecule has 0 spiro atoms. The molecule has 0 radical (unpaired) electrons. The van der Waals surface area contributed by atoms with E-state index >= 15 is 0 Å². The molecule has 0 saturated heterocycles. The highest BCUT2D eigenvalue weighted by Crippen LogP contribution is 2.24. The number of rotatable bonds is 5. The summed E-state index contributed by atoms with van der Waals surface area (Å²) in [7, 11) is 0. The zero-order valence-corrected chi connectivity index (χ0v) is 10.9. The van der Waals surface area contributed by atoms with E-state index in [9.17, 15) is 0 Å². The monoisotopic (exact) mass is 295 g/mol. The highest BCUT2D eigenvalue weighted by molar-refractivity contribution is 9.10. The summed E-state index contributed by atoms with van der Waals surface area (Å²) >= 11 is 3.47. The van der Waals surface area contributed by atoms with Crippen LogP contribution in [-0.2, 0) is 6.42 Å². The van der Waals surface area contributed by atoms with Crippen LogP contribution in [0.5, 0.6) is 0 Å². The fraction of sp³-hybridized carbons (Fsp3) is 0.273. The Bertz CT molecular complexity index is 469. The third-order valence-corrected chi connectivity index (χ3v) is 3.02. The molecule has 0 aliphatic heterocycles. The Hall–Kier alpha value is -1.56. The van der Waals surface area contributed by atoms with Crippen molar-refractivity contribution >= 4 is 27.3 Å².